The second-order valence-electron chi connectivity index (χ2n) is 13.9. The Morgan fingerprint density at radius 1 is 0.721 bits per heavy atom. The summed E-state index contributed by atoms with van der Waals surface area (Å²) in [5.41, 5.74) is 9.29. The van der Waals surface area contributed by atoms with Gasteiger partial charge in [0.05, 0.1) is 31.0 Å². The van der Waals surface area contributed by atoms with Gasteiger partial charge in [0, 0.05) is 25.6 Å². The number of aryl methyl sites for hydroxylation is 2. The van der Waals surface area contributed by atoms with Crippen molar-refractivity contribution in [3.05, 3.63) is 131 Å². The van der Waals surface area contributed by atoms with E-state index in [0.717, 1.165) is 35.6 Å². The van der Waals surface area contributed by atoms with Crippen LogP contribution in [0.2, 0.25) is 0 Å². The Morgan fingerprint density at radius 2 is 1.25 bits per heavy atom. The predicted octanol–water partition coefficient (Wildman–Crippen LogP) is 9.03. The molecule has 0 saturated carbocycles. The fourth-order valence-electron chi connectivity index (χ4n) is 6.24. The van der Waals surface area contributed by atoms with E-state index in [0.29, 0.717) is 29.5 Å². The van der Waals surface area contributed by atoms with Crippen LogP contribution in [0.25, 0.3) is 0 Å². The van der Waals surface area contributed by atoms with Gasteiger partial charge in [-0.3, -0.25) is 14.6 Å². The summed E-state index contributed by atoms with van der Waals surface area (Å²) < 4.78 is 57.0. The number of nitrogens with zero attached hydrogens (tertiary/aromatic N) is 2. The van der Waals surface area contributed by atoms with Crippen molar-refractivity contribution in [3.8, 4) is 34.5 Å². The van der Waals surface area contributed by atoms with Crippen LogP contribution in [0.5, 0.6) is 34.5 Å². The van der Waals surface area contributed by atoms with Crippen molar-refractivity contribution >= 4 is 29.5 Å². The van der Waals surface area contributed by atoms with Gasteiger partial charge in [-0.2, -0.15) is 0 Å². The first kappa shape index (κ1) is 45.2. The van der Waals surface area contributed by atoms with Crippen LogP contribution in [-0.2, 0) is 33.7 Å². The van der Waals surface area contributed by atoms with Crippen LogP contribution in [0.1, 0.15) is 44.9 Å². The van der Waals surface area contributed by atoms with Gasteiger partial charge >= 0.3 is 12.2 Å². The van der Waals surface area contributed by atoms with E-state index < -0.39 is 36.0 Å². The van der Waals surface area contributed by atoms with E-state index in [4.69, 9.17) is 29.4 Å². The summed E-state index contributed by atoms with van der Waals surface area (Å²) in [4.78, 5) is 37.6. The van der Waals surface area contributed by atoms with Crippen LogP contribution < -0.4 is 35.1 Å². The predicted molar refractivity (Wildman–Crippen MR) is 227 cm³/mol. The highest BCUT2D eigenvalue weighted by Gasteiger charge is 2.33. The third kappa shape index (κ3) is 11.7. The standard InChI is InChI=1S/C25H25FN2O4.C20H21FN2O5.CH4/c1-2-17-8-10-23(24(12-17)30-16-18-6-4-3-5-7-18)32-22-11-9-19(13-21(22)26)28-15-20(14-27)31-25(28)29;1-3-13-4-6-19(17(25)8-13)28-18-7-5-14(9-16(18)21)23-11-15(27-20(23)26)10-22-12(2)24;/h3-13,20H,2,14-16,27H2,1H3;4-9,15,25H,3,10-11H2,1-2H3,(H,22,24);1H4. The first-order valence-electron chi connectivity index (χ1n) is 19.4. The smallest absolute Gasteiger partial charge is 0.414 e. The molecule has 0 spiro atoms. The Morgan fingerprint density at radius 3 is 1.77 bits per heavy atom. The van der Waals surface area contributed by atoms with Gasteiger partial charge in [-0.15, -0.1) is 0 Å². The molecule has 0 aliphatic carbocycles. The molecule has 2 heterocycles. The molecule has 2 unspecified atom stereocenters. The van der Waals surface area contributed by atoms with Crippen molar-refractivity contribution in [2.45, 2.75) is 59.9 Å². The van der Waals surface area contributed by atoms with Gasteiger partial charge in [-0.25, -0.2) is 18.4 Å². The third-order valence-electron chi connectivity index (χ3n) is 9.57. The van der Waals surface area contributed by atoms with Crippen LogP contribution in [0.15, 0.2) is 103 Å². The topological polar surface area (TPSA) is 162 Å². The second-order valence-corrected chi connectivity index (χ2v) is 13.9. The van der Waals surface area contributed by atoms with Crippen molar-refractivity contribution in [2.24, 2.45) is 5.73 Å². The summed E-state index contributed by atoms with van der Waals surface area (Å²) in [5.74, 6) is -0.547. The van der Waals surface area contributed by atoms with E-state index in [9.17, 15) is 28.3 Å². The SMILES string of the molecule is C.CCc1ccc(Oc2ccc(N3CC(CN)OC3=O)cc2F)c(OCc2ccccc2)c1.CCc1ccc(Oc2ccc(N3CC(CNC(C)=O)OC3=O)cc2F)c(O)c1. The van der Waals surface area contributed by atoms with E-state index in [1.807, 2.05) is 56.3 Å². The van der Waals surface area contributed by atoms with Gasteiger partial charge in [-0.1, -0.05) is 63.7 Å². The summed E-state index contributed by atoms with van der Waals surface area (Å²) in [5, 5.41) is 12.6. The Balaban J connectivity index is 0.000000229. The van der Waals surface area contributed by atoms with Gasteiger partial charge in [0.15, 0.2) is 46.1 Å². The largest absolute Gasteiger partial charge is 0.504 e. The minimum Gasteiger partial charge on any atom is -0.504 e. The number of rotatable bonds is 14. The van der Waals surface area contributed by atoms with Crippen LogP contribution in [0.4, 0.5) is 29.7 Å². The normalized spacial score (nSPS) is 15.5. The molecule has 322 valence electrons. The zero-order chi connectivity index (χ0) is 42.8. The van der Waals surface area contributed by atoms with Gasteiger partial charge < -0.3 is 39.8 Å². The van der Waals surface area contributed by atoms with Crippen molar-refractivity contribution < 1.29 is 52.0 Å². The molecular weight excluding hydrogens is 791 g/mol. The molecule has 61 heavy (non-hydrogen) atoms. The number of nitrogens with one attached hydrogen (secondary N) is 1. The molecule has 13 nitrogen and oxygen atoms in total. The first-order chi connectivity index (χ1) is 28.9. The molecule has 7 rings (SSSR count). The number of benzene rings is 5. The van der Waals surface area contributed by atoms with Crippen LogP contribution in [0.3, 0.4) is 0 Å². The lowest BCUT2D eigenvalue weighted by Crippen LogP contribution is -2.33. The summed E-state index contributed by atoms with van der Waals surface area (Å²) in [6, 6.07) is 28.7. The fraction of sp³-hybridized carbons (Fsp3) is 0.283. The molecule has 0 aromatic heterocycles. The molecule has 2 aliphatic rings. The highest BCUT2D eigenvalue weighted by atomic mass is 19.1. The van der Waals surface area contributed by atoms with Crippen LogP contribution in [-0.4, -0.2) is 61.6 Å². The van der Waals surface area contributed by atoms with Crippen molar-refractivity contribution in [2.75, 3.05) is 36.0 Å². The monoisotopic (exact) mass is 840 g/mol. The zero-order valence-corrected chi connectivity index (χ0v) is 33.4. The van der Waals surface area contributed by atoms with Crippen LogP contribution >= 0.6 is 0 Å². The molecule has 2 saturated heterocycles. The van der Waals surface area contributed by atoms with Gasteiger partial charge in [0.2, 0.25) is 5.91 Å². The average Bonchev–Trinajstić information content (AvgIpc) is 3.83. The molecular formula is C46H50F2N4O9. The molecule has 3 amide bonds. The number of nitrogens with two attached hydrogens (primary N) is 1. The number of amides is 3. The first-order valence-corrected chi connectivity index (χ1v) is 19.4. The highest BCUT2D eigenvalue weighted by Crippen LogP contribution is 2.37. The van der Waals surface area contributed by atoms with Crippen LogP contribution in [0, 0.1) is 11.6 Å². The number of phenolic OH excluding ortho intramolecular Hbond substituents is 1. The maximum atomic E-state index is 14.9. The fourth-order valence-corrected chi connectivity index (χ4v) is 6.24. The highest BCUT2D eigenvalue weighted by molar-refractivity contribution is 5.90. The van der Waals surface area contributed by atoms with Crippen molar-refractivity contribution in [1.29, 1.82) is 0 Å². The van der Waals surface area contributed by atoms with Crippen molar-refractivity contribution in [1.82, 2.24) is 5.32 Å². The lowest BCUT2D eigenvalue weighted by atomic mass is 10.1. The molecule has 0 bridgehead atoms. The van der Waals surface area contributed by atoms with E-state index in [1.54, 1.807) is 30.3 Å². The Labute approximate surface area is 353 Å². The van der Waals surface area contributed by atoms with Gasteiger partial charge in [-0.05, 0) is 78.1 Å². The number of aromatic hydroxyl groups is 1. The molecule has 2 aliphatic heterocycles. The quantitative estimate of drug-likeness (QED) is 0.0984. The second kappa shape index (κ2) is 20.9. The molecule has 2 fully saturated rings. The van der Waals surface area contributed by atoms with Gasteiger partial charge in [0.1, 0.15) is 18.8 Å². The third-order valence-corrected chi connectivity index (χ3v) is 9.57. The number of hydrogen-bond acceptors (Lipinski definition) is 10. The number of phenols is 1. The maximum Gasteiger partial charge on any atom is 0.414 e. The number of ether oxygens (including phenoxy) is 5. The molecule has 5 aromatic rings. The van der Waals surface area contributed by atoms with E-state index in [-0.39, 0.29) is 62.5 Å². The Hall–Kier alpha value is -6.87. The minimum atomic E-state index is -0.686. The average molecular weight is 841 g/mol. The molecule has 15 heteroatoms. The van der Waals surface area contributed by atoms with Crippen molar-refractivity contribution in [3.63, 3.8) is 0 Å². The number of carbonyl (C=O) groups is 3. The molecule has 5 aromatic carbocycles. The molecule has 2 atom stereocenters. The molecule has 4 N–H and O–H groups in total. The lowest BCUT2D eigenvalue weighted by molar-refractivity contribution is -0.119. The number of halogens is 2. The summed E-state index contributed by atoms with van der Waals surface area (Å²) in [6.45, 7) is 6.62. The maximum absolute atomic E-state index is 14.9. The summed E-state index contributed by atoms with van der Waals surface area (Å²) in [7, 11) is 0. The minimum absolute atomic E-state index is 0. The van der Waals surface area contributed by atoms with E-state index in [2.05, 4.69) is 5.32 Å². The van der Waals surface area contributed by atoms with Gasteiger partial charge in [0.25, 0.3) is 0 Å². The lowest BCUT2D eigenvalue weighted by Gasteiger charge is -2.16. The number of anilines is 2. The number of hydrogen-bond donors (Lipinski definition) is 3. The van der Waals surface area contributed by atoms with E-state index in [1.165, 1.54) is 41.0 Å². The zero-order valence-electron chi connectivity index (χ0n) is 33.4. The Kier molecular flexibility index (Phi) is 15.5. The van der Waals surface area contributed by atoms with E-state index >= 15 is 0 Å². The molecule has 0 radical (unpaired) electrons. The summed E-state index contributed by atoms with van der Waals surface area (Å²) in [6.07, 6.45) is -0.476. The number of cyclic esters (lactones) is 2. The summed E-state index contributed by atoms with van der Waals surface area (Å²) >= 11 is 0. The Bertz CT molecular complexity index is 2310. The number of carbonyl (C=O) groups excluding carboxylic acids is 3.